The molecular formula is C13H11V-. The van der Waals surface area contributed by atoms with Crippen LogP contribution in [0.4, 0.5) is 0 Å². The van der Waals surface area contributed by atoms with Crippen LogP contribution in [0.25, 0.3) is 0 Å². The van der Waals surface area contributed by atoms with Gasteiger partial charge in [0.2, 0.25) is 0 Å². The van der Waals surface area contributed by atoms with Gasteiger partial charge >= 0.3 is 0 Å². The molecule has 0 N–H and O–H groups in total. The van der Waals surface area contributed by atoms with Gasteiger partial charge in [-0.1, -0.05) is 30.2 Å². The van der Waals surface area contributed by atoms with Gasteiger partial charge in [-0.2, -0.15) is 29.8 Å². The van der Waals surface area contributed by atoms with Crippen molar-refractivity contribution in [2.24, 2.45) is 5.92 Å². The Bertz CT molecular complexity index is 401. The van der Waals surface area contributed by atoms with Gasteiger partial charge in [0.1, 0.15) is 0 Å². The molecule has 1 aromatic rings. The summed E-state index contributed by atoms with van der Waals surface area (Å²) in [5.41, 5.74) is 4.46. The Morgan fingerprint density at radius 2 is 2.29 bits per heavy atom. The van der Waals surface area contributed by atoms with Gasteiger partial charge in [0.25, 0.3) is 0 Å². The Balaban J connectivity index is 0.000000750. The maximum Gasteiger partial charge on any atom is 0 e. The predicted octanol–water partition coefficient (Wildman–Crippen LogP) is 2.70. The average molecular weight is 218 g/mol. The van der Waals surface area contributed by atoms with Crippen LogP contribution in [0.2, 0.25) is 0 Å². The van der Waals surface area contributed by atoms with Crippen LogP contribution in [-0.4, -0.2) is 0 Å². The quantitative estimate of drug-likeness (QED) is 0.587. The van der Waals surface area contributed by atoms with Gasteiger partial charge in [-0.15, -0.1) is 5.56 Å². The Kier molecular flexibility index (Phi) is 2.67. The molecule has 2 aliphatic rings. The number of rotatable bonds is 0. The van der Waals surface area contributed by atoms with Crippen LogP contribution in [0.5, 0.6) is 0 Å². The number of hydrogen-bond acceptors (Lipinski definition) is 0. The standard InChI is InChI=1S/C13H11.V/c1-2-5-11-9-13-7-3-6-12(13)8-10(11)4-1;/h1-4,6-7,13H,8-9H2;/q-1;. The molecule has 0 bridgehead atoms. The van der Waals surface area contributed by atoms with Crippen LogP contribution >= 0.6 is 0 Å². The molecule has 0 spiro atoms. The van der Waals surface area contributed by atoms with Crippen molar-refractivity contribution < 1.29 is 18.6 Å². The Morgan fingerprint density at radius 1 is 1.36 bits per heavy atom. The first-order valence-electron chi connectivity index (χ1n) is 4.79. The summed E-state index contributed by atoms with van der Waals surface area (Å²) < 4.78 is 0. The van der Waals surface area contributed by atoms with Crippen LogP contribution in [0.3, 0.4) is 0 Å². The zero-order valence-electron chi connectivity index (χ0n) is 7.90. The number of benzene rings is 1. The molecule has 3 rings (SSSR count). The van der Waals surface area contributed by atoms with Gasteiger partial charge in [-0.25, -0.2) is 0 Å². The monoisotopic (exact) mass is 218 g/mol. The van der Waals surface area contributed by atoms with Crippen molar-refractivity contribution in [2.45, 2.75) is 12.8 Å². The molecule has 0 fully saturated rings. The molecule has 2 aliphatic carbocycles. The Hall–Kier alpha value is -0.716. The third-order valence-electron chi connectivity index (χ3n) is 2.99. The van der Waals surface area contributed by atoms with E-state index in [0.717, 1.165) is 12.8 Å². The summed E-state index contributed by atoms with van der Waals surface area (Å²) in [7, 11) is 0. The number of allylic oxidation sites excluding steroid dienone is 4. The second-order valence-corrected chi connectivity index (χ2v) is 3.79. The zero-order chi connectivity index (χ0) is 8.67. The van der Waals surface area contributed by atoms with E-state index in [2.05, 4.69) is 36.4 Å². The molecule has 0 heterocycles. The molecule has 14 heavy (non-hydrogen) atoms. The number of hydrogen-bond donors (Lipinski definition) is 0. The molecule has 69 valence electrons. The molecule has 1 atom stereocenters. The smallest absolute Gasteiger partial charge is 0 e. The minimum atomic E-state index is 0. The molecule has 1 unspecified atom stereocenters. The first-order chi connectivity index (χ1) is 6.43. The fourth-order valence-electron chi connectivity index (χ4n) is 2.25. The zero-order valence-corrected chi connectivity index (χ0v) is 9.30. The minimum Gasteiger partial charge on any atom is -0.180 e. The second-order valence-electron chi connectivity index (χ2n) is 3.79. The van der Waals surface area contributed by atoms with Crippen molar-refractivity contribution in [1.82, 2.24) is 0 Å². The largest absolute Gasteiger partial charge is 0.180 e. The number of fused-ring (bicyclic) bond motifs is 2. The van der Waals surface area contributed by atoms with E-state index in [1.807, 2.05) is 6.07 Å². The first kappa shape index (κ1) is 9.82. The molecular weight excluding hydrogens is 207 g/mol. The van der Waals surface area contributed by atoms with E-state index in [-0.39, 0.29) is 18.6 Å². The first-order valence-corrected chi connectivity index (χ1v) is 4.79. The summed E-state index contributed by atoms with van der Waals surface area (Å²) in [4.78, 5) is 0. The maximum absolute atomic E-state index is 3.34. The van der Waals surface area contributed by atoms with Crippen molar-refractivity contribution in [1.29, 1.82) is 0 Å². The van der Waals surface area contributed by atoms with Crippen molar-refractivity contribution in [3.8, 4) is 0 Å². The average Bonchev–Trinajstić information content (AvgIpc) is 2.61. The van der Waals surface area contributed by atoms with Gasteiger partial charge in [-0.3, -0.25) is 0 Å². The van der Waals surface area contributed by atoms with E-state index >= 15 is 0 Å². The van der Waals surface area contributed by atoms with Gasteiger partial charge in [-0.05, 0) is 12.3 Å². The van der Waals surface area contributed by atoms with Crippen molar-refractivity contribution in [2.75, 3.05) is 0 Å². The third kappa shape index (κ3) is 1.49. The van der Waals surface area contributed by atoms with E-state index in [1.165, 1.54) is 11.1 Å². The molecule has 0 aliphatic heterocycles. The third-order valence-corrected chi connectivity index (χ3v) is 2.99. The molecule has 1 heteroatoms. The Labute approximate surface area is 96.6 Å². The van der Waals surface area contributed by atoms with E-state index in [1.54, 1.807) is 5.57 Å². The molecule has 1 aromatic carbocycles. The van der Waals surface area contributed by atoms with Crippen LogP contribution in [0.15, 0.2) is 42.0 Å². The summed E-state index contributed by atoms with van der Waals surface area (Å²) >= 11 is 0. The Morgan fingerprint density at radius 3 is 3.21 bits per heavy atom. The summed E-state index contributed by atoms with van der Waals surface area (Å²) in [5, 5.41) is 0. The van der Waals surface area contributed by atoms with E-state index in [4.69, 9.17) is 0 Å². The van der Waals surface area contributed by atoms with E-state index in [0.29, 0.717) is 5.92 Å². The van der Waals surface area contributed by atoms with Crippen LogP contribution < -0.4 is 0 Å². The van der Waals surface area contributed by atoms with Gasteiger partial charge in [0.05, 0.1) is 0 Å². The van der Waals surface area contributed by atoms with Gasteiger partial charge in [0.15, 0.2) is 0 Å². The fourth-order valence-corrected chi connectivity index (χ4v) is 2.25. The molecule has 0 aromatic heterocycles. The SMILES string of the molecule is [V].[c-]1cccc2c1CC1C=CC=C1C2. The summed E-state index contributed by atoms with van der Waals surface area (Å²) in [6, 6.07) is 9.67. The topological polar surface area (TPSA) is 0 Å². The predicted molar refractivity (Wildman–Crippen MR) is 53.4 cm³/mol. The van der Waals surface area contributed by atoms with Crippen molar-refractivity contribution in [3.63, 3.8) is 0 Å². The van der Waals surface area contributed by atoms with Gasteiger partial charge < -0.3 is 0 Å². The molecule has 0 amide bonds. The van der Waals surface area contributed by atoms with Crippen LogP contribution in [-0.2, 0) is 31.4 Å². The van der Waals surface area contributed by atoms with E-state index in [9.17, 15) is 0 Å². The van der Waals surface area contributed by atoms with Crippen LogP contribution in [0.1, 0.15) is 11.1 Å². The molecule has 0 saturated heterocycles. The molecule has 0 saturated carbocycles. The fraction of sp³-hybridized carbons (Fsp3) is 0.231. The van der Waals surface area contributed by atoms with E-state index < -0.39 is 0 Å². The molecule has 0 nitrogen and oxygen atoms in total. The van der Waals surface area contributed by atoms with Crippen molar-refractivity contribution >= 4 is 0 Å². The summed E-state index contributed by atoms with van der Waals surface area (Å²) in [6.07, 6.45) is 9.04. The second kappa shape index (κ2) is 3.80. The summed E-state index contributed by atoms with van der Waals surface area (Å²) in [5.74, 6) is 0.672. The molecule has 1 radical (unpaired) electrons. The minimum absolute atomic E-state index is 0. The summed E-state index contributed by atoms with van der Waals surface area (Å²) in [6.45, 7) is 0. The maximum atomic E-state index is 3.34. The van der Waals surface area contributed by atoms with Gasteiger partial charge in [0, 0.05) is 18.6 Å². The van der Waals surface area contributed by atoms with Crippen molar-refractivity contribution in [3.05, 3.63) is 59.2 Å². The normalized spacial score (nSPS) is 22.0. The van der Waals surface area contributed by atoms with Crippen LogP contribution in [0, 0.1) is 12.0 Å².